The Morgan fingerprint density at radius 2 is 1.90 bits per heavy atom. The van der Waals surface area contributed by atoms with Crippen molar-refractivity contribution in [3.05, 3.63) is 63.6 Å². The van der Waals surface area contributed by atoms with E-state index in [0.717, 1.165) is 15.6 Å². The summed E-state index contributed by atoms with van der Waals surface area (Å²) >= 11 is 3.37. The number of benzene rings is 2. The quantitative estimate of drug-likeness (QED) is 0.839. The van der Waals surface area contributed by atoms with Crippen LogP contribution in [-0.2, 0) is 0 Å². The highest BCUT2D eigenvalue weighted by atomic mass is 79.9. The summed E-state index contributed by atoms with van der Waals surface area (Å²) in [7, 11) is 0. The van der Waals surface area contributed by atoms with Gasteiger partial charge in [0.1, 0.15) is 0 Å². The van der Waals surface area contributed by atoms with Crippen LogP contribution in [0.2, 0.25) is 0 Å². The second-order valence-corrected chi connectivity index (χ2v) is 5.69. The summed E-state index contributed by atoms with van der Waals surface area (Å²) in [6, 6.07) is 13.4. The van der Waals surface area contributed by atoms with Crippen molar-refractivity contribution in [1.29, 1.82) is 0 Å². The molecule has 0 aromatic heterocycles. The maximum Gasteiger partial charge on any atom is 0.252 e. The maximum absolute atomic E-state index is 12.4. The first-order valence-corrected chi connectivity index (χ1v) is 7.19. The summed E-state index contributed by atoms with van der Waals surface area (Å²) in [4.78, 5) is 12.4. The van der Waals surface area contributed by atoms with Gasteiger partial charge in [-0.25, -0.2) is 0 Å². The van der Waals surface area contributed by atoms with Gasteiger partial charge in [0.25, 0.3) is 5.91 Å². The summed E-state index contributed by atoms with van der Waals surface area (Å²) in [5.74, 6) is -0.119. The molecule has 104 valence electrons. The molecule has 3 nitrogen and oxygen atoms in total. The lowest BCUT2D eigenvalue weighted by Crippen LogP contribution is -2.27. The molecule has 1 atom stereocenters. The maximum atomic E-state index is 12.4. The van der Waals surface area contributed by atoms with E-state index in [1.165, 1.54) is 0 Å². The molecule has 2 rings (SSSR count). The third-order valence-electron chi connectivity index (χ3n) is 3.30. The molecule has 0 radical (unpaired) electrons. The van der Waals surface area contributed by atoms with Gasteiger partial charge in [0, 0.05) is 15.7 Å². The molecule has 2 aromatic carbocycles. The van der Waals surface area contributed by atoms with Gasteiger partial charge in [-0.15, -0.1) is 0 Å². The number of carbonyl (C=O) groups is 1. The lowest BCUT2D eigenvalue weighted by molar-refractivity contribution is 0.0939. The van der Waals surface area contributed by atoms with E-state index in [9.17, 15) is 4.79 Å². The molecule has 0 fully saturated rings. The number of amides is 1. The van der Waals surface area contributed by atoms with Crippen molar-refractivity contribution in [2.75, 3.05) is 5.73 Å². The number of nitrogens with two attached hydrogens (primary N) is 1. The van der Waals surface area contributed by atoms with E-state index in [-0.39, 0.29) is 11.9 Å². The molecule has 20 heavy (non-hydrogen) atoms. The fourth-order valence-corrected chi connectivity index (χ4v) is 2.51. The van der Waals surface area contributed by atoms with Gasteiger partial charge in [0.05, 0.1) is 6.04 Å². The van der Waals surface area contributed by atoms with E-state index in [1.54, 1.807) is 12.1 Å². The summed E-state index contributed by atoms with van der Waals surface area (Å²) in [6.07, 6.45) is 0. The van der Waals surface area contributed by atoms with Gasteiger partial charge in [-0.3, -0.25) is 4.79 Å². The van der Waals surface area contributed by atoms with Crippen LogP contribution in [0, 0.1) is 6.92 Å². The highest BCUT2D eigenvalue weighted by Crippen LogP contribution is 2.23. The largest absolute Gasteiger partial charge is 0.398 e. The first kappa shape index (κ1) is 14.6. The zero-order chi connectivity index (χ0) is 14.7. The Hall–Kier alpha value is -1.81. The Morgan fingerprint density at radius 1 is 1.25 bits per heavy atom. The number of hydrogen-bond acceptors (Lipinski definition) is 2. The molecule has 0 bridgehead atoms. The van der Waals surface area contributed by atoms with Gasteiger partial charge >= 0.3 is 0 Å². The van der Waals surface area contributed by atoms with Crippen molar-refractivity contribution in [1.82, 2.24) is 5.32 Å². The summed E-state index contributed by atoms with van der Waals surface area (Å²) in [5.41, 5.74) is 8.96. The molecule has 0 aliphatic heterocycles. The minimum Gasteiger partial charge on any atom is -0.398 e. The Kier molecular flexibility index (Phi) is 4.45. The number of nitrogens with one attached hydrogen (secondary N) is 1. The van der Waals surface area contributed by atoms with E-state index >= 15 is 0 Å². The molecule has 4 heteroatoms. The Balaban J connectivity index is 2.21. The van der Waals surface area contributed by atoms with Gasteiger partial charge in [-0.1, -0.05) is 46.3 Å². The predicted molar refractivity (Wildman–Crippen MR) is 85.6 cm³/mol. The zero-order valence-electron chi connectivity index (χ0n) is 11.5. The molecule has 0 aliphatic carbocycles. The topological polar surface area (TPSA) is 55.1 Å². The Morgan fingerprint density at radius 3 is 2.55 bits per heavy atom. The fraction of sp³-hybridized carbons (Fsp3) is 0.188. The predicted octanol–water partition coefficient (Wildman–Crippen LogP) is 3.83. The number of nitrogen functional groups attached to an aromatic ring is 1. The number of carbonyl (C=O) groups excluding carboxylic acids is 1. The third kappa shape index (κ3) is 3.20. The SMILES string of the molecule is Cc1c(N)cc(Br)cc1C(=O)NC(C)c1ccccc1. The zero-order valence-corrected chi connectivity index (χ0v) is 13.1. The lowest BCUT2D eigenvalue weighted by atomic mass is 10.0. The molecular formula is C16H17BrN2O. The molecule has 0 saturated carbocycles. The lowest BCUT2D eigenvalue weighted by Gasteiger charge is -2.16. The molecule has 0 saturated heterocycles. The number of halogens is 1. The highest BCUT2D eigenvalue weighted by molar-refractivity contribution is 9.10. The van der Waals surface area contributed by atoms with E-state index < -0.39 is 0 Å². The number of anilines is 1. The van der Waals surface area contributed by atoms with Gasteiger partial charge in [-0.05, 0) is 37.1 Å². The van der Waals surface area contributed by atoms with Crippen LogP contribution in [-0.4, -0.2) is 5.91 Å². The average Bonchev–Trinajstić information content (AvgIpc) is 2.43. The van der Waals surface area contributed by atoms with Gasteiger partial charge in [0.15, 0.2) is 0 Å². The Bertz CT molecular complexity index is 626. The van der Waals surface area contributed by atoms with Crippen molar-refractivity contribution in [2.24, 2.45) is 0 Å². The van der Waals surface area contributed by atoms with Crippen LogP contribution in [0.25, 0.3) is 0 Å². The molecule has 3 N–H and O–H groups in total. The fourth-order valence-electron chi connectivity index (χ4n) is 2.04. The van der Waals surface area contributed by atoms with Crippen LogP contribution in [0.5, 0.6) is 0 Å². The standard InChI is InChI=1S/C16H17BrN2O/c1-10-14(8-13(17)9-15(10)18)16(20)19-11(2)12-6-4-3-5-7-12/h3-9,11H,18H2,1-2H3,(H,19,20). The van der Waals surface area contributed by atoms with Gasteiger partial charge < -0.3 is 11.1 Å². The normalized spacial score (nSPS) is 11.9. The minimum atomic E-state index is -0.119. The number of rotatable bonds is 3. The van der Waals surface area contributed by atoms with Crippen molar-refractivity contribution in [2.45, 2.75) is 19.9 Å². The summed E-state index contributed by atoms with van der Waals surface area (Å²) < 4.78 is 0.804. The second kappa shape index (κ2) is 6.09. The minimum absolute atomic E-state index is 0.0525. The third-order valence-corrected chi connectivity index (χ3v) is 3.76. The first-order chi connectivity index (χ1) is 9.49. The second-order valence-electron chi connectivity index (χ2n) is 4.77. The van der Waals surface area contributed by atoms with E-state index in [4.69, 9.17) is 5.73 Å². The van der Waals surface area contributed by atoms with Crippen molar-refractivity contribution in [3.63, 3.8) is 0 Å². The summed E-state index contributed by atoms with van der Waals surface area (Å²) in [6.45, 7) is 3.81. The van der Waals surface area contributed by atoms with Crippen LogP contribution in [0.4, 0.5) is 5.69 Å². The van der Waals surface area contributed by atoms with Crippen LogP contribution in [0.1, 0.15) is 34.5 Å². The highest BCUT2D eigenvalue weighted by Gasteiger charge is 2.15. The van der Waals surface area contributed by atoms with Crippen LogP contribution in [0.15, 0.2) is 46.9 Å². The van der Waals surface area contributed by atoms with Crippen molar-refractivity contribution in [3.8, 4) is 0 Å². The average molecular weight is 333 g/mol. The van der Waals surface area contributed by atoms with Crippen LogP contribution >= 0.6 is 15.9 Å². The molecule has 0 heterocycles. The van der Waals surface area contributed by atoms with Crippen LogP contribution in [0.3, 0.4) is 0 Å². The van der Waals surface area contributed by atoms with E-state index in [0.29, 0.717) is 11.3 Å². The van der Waals surface area contributed by atoms with Gasteiger partial charge in [0.2, 0.25) is 0 Å². The molecule has 0 spiro atoms. The molecule has 2 aromatic rings. The van der Waals surface area contributed by atoms with Crippen LogP contribution < -0.4 is 11.1 Å². The molecule has 1 amide bonds. The van der Waals surface area contributed by atoms with Crippen molar-refractivity contribution < 1.29 is 4.79 Å². The Labute approximate surface area is 127 Å². The van der Waals surface area contributed by atoms with Gasteiger partial charge in [-0.2, -0.15) is 0 Å². The molecule has 0 aliphatic rings. The smallest absolute Gasteiger partial charge is 0.252 e. The monoisotopic (exact) mass is 332 g/mol. The molecule has 1 unspecified atom stereocenters. The van der Waals surface area contributed by atoms with E-state index in [1.807, 2.05) is 44.2 Å². The number of hydrogen-bond donors (Lipinski definition) is 2. The van der Waals surface area contributed by atoms with E-state index in [2.05, 4.69) is 21.2 Å². The molecular weight excluding hydrogens is 316 g/mol. The first-order valence-electron chi connectivity index (χ1n) is 6.40. The summed E-state index contributed by atoms with van der Waals surface area (Å²) in [5, 5.41) is 2.99. The van der Waals surface area contributed by atoms with Crippen molar-refractivity contribution >= 4 is 27.5 Å².